The lowest BCUT2D eigenvalue weighted by Crippen LogP contribution is -2.35. The molecule has 1 aliphatic heterocycles. The average Bonchev–Trinajstić information content (AvgIpc) is 2.40. The highest BCUT2D eigenvalue weighted by Gasteiger charge is 2.12. The number of hydrogen-bond acceptors (Lipinski definition) is 3. The Labute approximate surface area is 101 Å². The zero-order valence-corrected chi connectivity index (χ0v) is 9.82. The highest BCUT2D eigenvalue weighted by molar-refractivity contribution is 5.84. The molecule has 3 heteroatoms. The Kier molecular flexibility index (Phi) is 2.92. The fourth-order valence-corrected chi connectivity index (χ4v) is 2.38. The Morgan fingerprint density at radius 3 is 2.88 bits per heavy atom. The molecule has 1 aromatic heterocycles. The van der Waals surface area contributed by atoms with E-state index >= 15 is 0 Å². The smallest absolute Gasteiger partial charge is 0.0348 e. The van der Waals surface area contributed by atoms with Crippen LogP contribution in [0.2, 0.25) is 0 Å². The van der Waals surface area contributed by atoms with E-state index in [4.69, 9.17) is 0 Å². The normalized spacial score (nSPS) is 17.2. The zero-order chi connectivity index (χ0) is 11.5. The van der Waals surface area contributed by atoms with Gasteiger partial charge >= 0.3 is 0 Å². The van der Waals surface area contributed by atoms with Gasteiger partial charge in [-0.25, -0.2) is 0 Å². The van der Waals surface area contributed by atoms with Crippen LogP contribution in [0.1, 0.15) is 12.8 Å². The summed E-state index contributed by atoms with van der Waals surface area (Å²) >= 11 is 0. The molecule has 1 aromatic carbocycles. The molecule has 0 aliphatic carbocycles. The summed E-state index contributed by atoms with van der Waals surface area (Å²) in [5, 5.41) is 9.44. The Hall–Kier alpha value is -1.61. The quantitative estimate of drug-likeness (QED) is 0.827. The summed E-state index contributed by atoms with van der Waals surface area (Å²) in [6.45, 7) is 2.24. The van der Waals surface area contributed by atoms with E-state index in [0.717, 1.165) is 13.1 Å². The number of nitrogens with one attached hydrogen (secondary N) is 2. The Morgan fingerprint density at radius 2 is 2.00 bits per heavy atom. The second-order valence-corrected chi connectivity index (χ2v) is 4.61. The van der Waals surface area contributed by atoms with Gasteiger partial charge in [0, 0.05) is 29.5 Å². The molecule has 0 unspecified atom stereocenters. The van der Waals surface area contributed by atoms with Gasteiger partial charge < -0.3 is 10.6 Å². The van der Waals surface area contributed by atoms with Crippen molar-refractivity contribution in [2.45, 2.75) is 18.9 Å². The molecule has 1 saturated heterocycles. The first-order chi connectivity index (χ1) is 8.42. The minimum Gasteiger partial charge on any atom is -0.382 e. The van der Waals surface area contributed by atoms with Crippen LogP contribution in [0.4, 0.5) is 5.69 Å². The second-order valence-electron chi connectivity index (χ2n) is 4.61. The fraction of sp³-hybridized carbons (Fsp3) is 0.357. The molecule has 0 atom stereocenters. The van der Waals surface area contributed by atoms with Crippen LogP contribution in [0.3, 0.4) is 0 Å². The summed E-state index contributed by atoms with van der Waals surface area (Å²) in [4.78, 5) is 4.13. The monoisotopic (exact) mass is 227 g/mol. The Morgan fingerprint density at radius 1 is 1.12 bits per heavy atom. The van der Waals surface area contributed by atoms with Gasteiger partial charge in [-0.05, 0) is 49.5 Å². The number of benzene rings is 1. The molecule has 2 aromatic rings. The first-order valence-corrected chi connectivity index (χ1v) is 6.23. The molecule has 0 amide bonds. The van der Waals surface area contributed by atoms with Crippen LogP contribution < -0.4 is 10.6 Å². The number of aromatic nitrogens is 1. The number of fused-ring (bicyclic) bond motifs is 1. The molecule has 88 valence electrons. The van der Waals surface area contributed by atoms with Crippen LogP contribution in [-0.2, 0) is 0 Å². The molecule has 1 fully saturated rings. The van der Waals surface area contributed by atoms with Crippen molar-refractivity contribution in [3.8, 4) is 0 Å². The van der Waals surface area contributed by atoms with Gasteiger partial charge in [0.2, 0.25) is 0 Å². The van der Waals surface area contributed by atoms with E-state index in [2.05, 4.69) is 39.9 Å². The van der Waals surface area contributed by atoms with E-state index in [1.807, 2.05) is 12.4 Å². The number of piperidine rings is 1. The van der Waals surface area contributed by atoms with E-state index in [1.165, 1.54) is 29.3 Å². The molecule has 1 aliphatic rings. The molecule has 2 heterocycles. The van der Waals surface area contributed by atoms with Crippen LogP contribution >= 0.6 is 0 Å². The summed E-state index contributed by atoms with van der Waals surface area (Å²) in [6.07, 6.45) is 6.16. The van der Waals surface area contributed by atoms with Gasteiger partial charge in [-0.15, -0.1) is 0 Å². The third-order valence-corrected chi connectivity index (χ3v) is 3.35. The lowest BCUT2D eigenvalue weighted by atomic mass is 10.1. The third kappa shape index (κ3) is 2.39. The molecule has 17 heavy (non-hydrogen) atoms. The van der Waals surface area contributed by atoms with Crippen molar-refractivity contribution in [3.63, 3.8) is 0 Å². The van der Waals surface area contributed by atoms with E-state index < -0.39 is 0 Å². The standard InChI is InChI=1S/C14H17N3/c1-2-14(17-13-4-7-15-8-5-13)9-11-3-6-16-10-12(1)11/h1-3,6,9-10,13,15,17H,4-5,7-8H2. The first kappa shape index (κ1) is 10.5. The van der Waals surface area contributed by atoms with E-state index in [1.54, 1.807) is 0 Å². The highest BCUT2D eigenvalue weighted by atomic mass is 15.0. The summed E-state index contributed by atoms with van der Waals surface area (Å²) < 4.78 is 0. The lowest BCUT2D eigenvalue weighted by Gasteiger charge is -2.24. The van der Waals surface area contributed by atoms with Crippen molar-refractivity contribution in [3.05, 3.63) is 36.7 Å². The molecule has 3 rings (SSSR count). The zero-order valence-electron chi connectivity index (χ0n) is 9.82. The molecular weight excluding hydrogens is 210 g/mol. The Bertz CT molecular complexity index is 504. The van der Waals surface area contributed by atoms with Crippen molar-refractivity contribution < 1.29 is 0 Å². The predicted octanol–water partition coefficient (Wildman–Crippen LogP) is 2.40. The summed E-state index contributed by atoms with van der Waals surface area (Å²) in [5.41, 5.74) is 1.22. The lowest BCUT2D eigenvalue weighted by molar-refractivity contribution is 0.479. The number of rotatable bonds is 2. The maximum atomic E-state index is 4.13. The van der Waals surface area contributed by atoms with Gasteiger partial charge in [0.05, 0.1) is 0 Å². The van der Waals surface area contributed by atoms with E-state index in [0.29, 0.717) is 6.04 Å². The number of hydrogen-bond donors (Lipinski definition) is 2. The van der Waals surface area contributed by atoms with Crippen molar-refractivity contribution in [2.24, 2.45) is 0 Å². The maximum Gasteiger partial charge on any atom is 0.0348 e. The minimum absolute atomic E-state index is 0.607. The van der Waals surface area contributed by atoms with Gasteiger partial charge in [0.1, 0.15) is 0 Å². The SMILES string of the molecule is c1cc2cc(NC3CCNCC3)ccc2cn1. The van der Waals surface area contributed by atoms with Gasteiger partial charge in [-0.3, -0.25) is 4.98 Å². The summed E-state index contributed by atoms with van der Waals surface area (Å²) in [5.74, 6) is 0. The van der Waals surface area contributed by atoms with Gasteiger partial charge in [-0.2, -0.15) is 0 Å². The van der Waals surface area contributed by atoms with Crippen molar-refractivity contribution >= 4 is 16.5 Å². The highest BCUT2D eigenvalue weighted by Crippen LogP contribution is 2.20. The van der Waals surface area contributed by atoms with Crippen molar-refractivity contribution in [1.82, 2.24) is 10.3 Å². The molecule has 2 N–H and O–H groups in total. The van der Waals surface area contributed by atoms with Crippen LogP contribution in [-0.4, -0.2) is 24.1 Å². The second kappa shape index (κ2) is 4.72. The number of pyridine rings is 1. The van der Waals surface area contributed by atoms with Crippen molar-refractivity contribution in [2.75, 3.05) is 18.4 Å². The van der Waals surface area contributed by atoms with E-state index in [-0.39, 0.29) is 0 Å². The van der Waals surface area contributed by atoms with E-state index in [9.17, 15) is 0 Å². The molecule has 0 radical (unpaired) electrons. The van der Waals surface area contributed by atoms with Gasteiger partial charge in [0.15, 0.2) is 0 Å². The number of nitrogens with zero attached hydrogens (tertiary/aromatic N) is 1. The molecular formula is C14H17N3. The maximum absolute atomic E-state index is 4.13. The summed E-state index contributed by atoms with van der Waals surface area (Å²) in [7, 11) is 0. The predicted molar refractivity (Wildman–Crippen MR) is 71.3 cm³/mol. The average molecular weight is 227 g/mol. The molecule has 0 bridgehead atoms. The fourth-order valence-electron chi connectivity index (χ4n) is 2.38. The largest absolute Gasteiger partial charge is 0.382 e. The number of anilines is 1. The van der Waals surface area contributed by atoms with Crippen LogP contribution in [0, 0.1) is 0 Å². The topological polar surface area (TPSA) is 37.0 Å². The van der Waals surface area contributed by atoms with Crippen molar-refractivity contribution in [1.29, 1.82) is 0 Å². The summed E-state index contributed by atoms with van der Waals surface area (Å²) in [6, 6.07) is 9.15. The van der Waals surface area contributed by atoms with Crippen LogP contribution in [0.5, 0.6) is 0 Å². The van der Waals surface area contributed by atoms with Crippen LogP contribution in [0.15, 0.2) is 36.7 Å². The Balaban J connectivity index is 1.80. The van der Waals surface area contributed by atoms with Crippen LogP contribution in [0.25, 0.3) is 10.8 Å². The minimum atomic E-state index is 0.607. The third-order valence-electron chi connectivity index (χ3n) is 3.35. The van der Waals surface area contributed by atoms with Gasteiger partial charge in [0.25, 0.3) is 0 Å². The first-order valence-electron chi connectivity index (χ1n) is 6.23. The molecule has 3 nitrogen and oxygen atoms in total. The van der Waals surface area contributed by atoms with Gasteiger partial charge in [-0.1, -0.05) is 6.07 Å². The molecule has 0 saturated carbocycles. The molecule has 0 spiro atoms.